The summed E-state index contributed by atoms with van der Waals surface area (Å²) in [4.78, 5) is 25.7. The lowest BCUT2D eigenvalue weighted by Crippen LogP contribution is -2.40. The number of nitrogens with zero attached hydrogens (tertiary/aromatic N) is 1. The van der Waals surface area contributed by atoms with Gasteiger partial charge in [0.05, 0.1) is 11.4 Å². The van der Waals surface area contributed by atoms with Crippen molar-refractivity contribution in [2.75, 3.05) is 6.54 Å². The third-order valence-corrected chi connectivity index (χ3v) is 4.75. The van der Waals surface area contributed by atoms with Crippen LogP contribution in [0.25, 0.3) is 0 Å². The van der Waals surface area contributed by atoms with Crippen molar-refractivity contribution in [2.45, 2.75) is 63.7 Å². The average Bonchev–Trinajstić information content (AvgIpc) is 2.34. The lowest BCUT2D eigenvalue weighted by Gasteiger charge is -2.31. The molecule has 1 atom stereocenters. The molecule has 1 amide bonds. The Kier molecular flexibility index (Phi) is 6.66. The van der Waals surface area contributed by atoms with E-state index in [9.17, 15) is 9.59 Å². The van der Waals surface area contributed by atoms with E-state index in [2.05, 4.69) is 47.0 Å². The maximum absolute atomic E-state index is 12.5. The van der Waals surface area contributed by atoms with Crippen molar-refractivity contribution < 1.29 is 14.3 Å². The molecule has 1 rings (SSSR count). The van der Waals surface area contributed by atoms with Crippen LogP contribution in [-0.4, -0.2) is 41.8 Å². The molecule has 0 spiro atoms. The predicted octanol–water partition coefficient (Wildman–Crippen LogP) is 4.11. The lowest BCUT2D eigenvalue weighted by atomic mass is 10.0. The Bertz CT molecular complexity index is 561. The van der Waals surface area contributed by atoms with Crippen molar-refractivity contribution in [3.63, 3.8) is 0 Å². The first-order valence-corrected chi connectivity index (χ1v) is 12.2. The normalized spacial score (nSPS) is 18.7. The van der Waals surface area contributed by atoms with Gasteiger partial charge in [0, 0.05) is 18.2 Å². The minimum atomic E-state index is -1.52. The van der Waals surface area contributed by atoms with E-state index in [4.69, 9.17) is 4.74 Å². The molecule has 1 aliphatic rings. The maximum Gasteiger partial charge on any atom is 0.415 e. The number of ketones is 1. The Morgan fingerprint density at radius 3 is 2.57 bits per heavy atom. The summed E-state index contributed by atoms with van der Waals surface area (Å²) in [5.74, 6) is 3.12. The third-order valence-electron chi connectivity index (χ3n) is 2.90. The predicted molar refractivity (Wildman–Crippen MR) is 99.1 cm³/mol. The maximum atomic E-state index is 12.5. The molecule has 0 aliphatic heterocycles. The summed E-state index contributed by atoms with van der Waals surface area (Å²) in [6.45, 7) is 12.1. The average molecular weight is 400 g/mol. The van der Waals surface area contributed by atoms with E-state index in [0.29, 0.717) is 18.5 Å². The van der Waals surface area contributed by atoms with Crippen LogP contribution in [0.4, 0.5) is 4.79 Å². The van der Waals surface area contributed by atoms with Crippen molar-refractivity contribution in [2.24, 2.45) is 0 Å². The first-order chi connectivity index (χ1) is 10.4. The molecule has 1 unspecified atom stereocenters. The highest BCUT2D eigenvalue weighted by Gasteiger charge is 2.30. The van der Waals surface area contributed by atoms with Crippen LogP contribution in [0.1, 0.15) is 33.6 Å². The third kappa shape index (κ3) is 7.36. The number of halogens is 1. The van der Waals surface area contributed by atoms with Gasteiger partial charge in [-0.05, 0) is 27.2 Å². The Balaban J connectivity index is 3.07. The number of allylic oxidation sites excluding steroid dienone is 2. The molecule has 1 aliphatic carbocycles. The molecule has 0 saturated heterocycles. The number of amides is 1. The fraction of sp³-hybridized carbons (Fsp3) is 0.647. The van der Waals surface area contributed by atoms with Crippen LogP contribution in [-0.2, 0) is 9.53 Å². The number of hydrogen-bond donors (Lipinski definition) is 0. The molecule has 0 heterocycles. The highest BCUT2D eigenvalue weighted by molar-refractivity contribution is 9.09. The van der Waals surface area contributed by atoms with E-state index in [0.717, 1.165) is 0 Å². The summed E-state index contributed by atoms with van der Waals surface area (Å²) in [5, 5.41) is 0. The van der Waals surface area contributed by atoms with E-state index < -0.39 is 19.8 Å². The largest absolute Gasteiger partial charge is 0.443 e. The Morgan fingerprint density at radius 1 is 1.43 bits per heavy atom. The van der Waals surface area contributed by atoms with Crippen LogP contribution in [0.5, 0.6) is 0 Å². The molecule has 0 bridgehead atoms. The molecular weight excluding hydrogens is 374 g/mol. The van der Waals surface area contributed by atoms with E-state index >= 15 is 0 Å². The summed E-state index contributed by atoms with van der Waals surface area (Å²) < 4.78 is 5.48. The molecule has 23 heavy (non-hydrogen) atoms. The second-order valence-electron chi connectivity index (χ2n) is 7.66. The molecule has 0 aromatic rings. The van der Waals surface area contributed by atoms with Gasteiger partial charge in [-0.1, -0.05) is 41.5 Å². The van der Waals surface area contributed by atoms with Crippen molar-refractivity contribution in [3.8, 4) is 11.5 Å². The first-order valence-electron chi connectivity index (χ1n) is 7.78. The minimum Gasteiger partial charge on any atom is -0.443 e. The van der Waals surface area contributed by atoms with Crippen LogP contribution in [0.3, 0.4) is 0 Å². The molecule has 0 radical (unpaired) electrons. The molecule has 6 heteroatoms. The van der Waals surface area contributed by atoms with Gasteiger partial charge >= 0.3 is 6.09 Å². The second kappa shape index (κ2) is 7.67. The van der Waals surface area contributed by atoms with Crippen molar-refractivity contribution >= 4 is 35.9 Å². The van der Waals surface area contributed by atoms with Gasteiger partial charge in [0.1, 0.15) is 13.7 Å². The molecule has 0 saturated carbocycles. The van der Waals surface area contributed by atoms with E-state index in [-0.39, 0.29) is 17.2 Å². The Morgan fingerprint density at radius 2 is 2.04 bits per heavy atom. The van der Waals surface area contributed by atoms with Gasteiger partial charge in [0.2, 0.25) is 0 Å². The zero-order chi connectivity index (χ0) is 17.8. The summed E-state index contributed by atoms with van der Waals surface area (Å²) in [7, 11) is -1.52. The summed E-state index contributed by atoms with van der Waals surface area (Å²) in [5.41, 5.74) is 3.29. The van der Waals surface area contributed by atoms with Crippen LogP contribution >= 0.6 is 15.9 Å². The van der Waals surface area contributed by atoms with E-state index in [1.165, 1.54) is 11.0 Å². The van der Waals surface area contributed by atoms with Crippen LogP contribution < -0.4 is 0 Å². The van der Waals surface area contributed by atoms with Crippen molar-refractivity contribution in [1.82, 2.24) is 4.90 Å². The summed E-state index contributed by atoms with van der Waals surface area (Å²) >= 11 is 3.55. The molecular formula is C17H26BrNO3Si. The number of ether oxygens (including phenoxy) is 1. The zero-order valence-corrected chi connectivity index (χ0v) is 17.4. The van der Waals surface area contributed by atoms with E-state index in [1.54, 1.807) is 0 Å². The van der Waals surface area contributed by atoms with Gasteiger partial charge in [-0.15, -0.1) is 5.54 Å². The fourth-order valence-corrected chi connectivity index (χ4v) is 3.17. The molecule has 0 aromatic heterocycles. The van der Waals surface area contributed by atoms with Crippen molar-refractivity contribution in [1.29, 1.82) is 0 Å². The van der Waals surface area contributed by atoms with Gasteiger partial charge in [-0.25, -0.2) is 4.79 Å². The van der Waals surface area contributed by atoms with Crippen LogP contribution in [0.2, 0.25) is 19.6 Å². The fourth-order valence-electron chi connectivity index (χ4n) is 1.95. The number of alkyl halides is 1. The van der Waals surface area contributed by atoms with Gasteiger partial charge in [0.25, 0.3) is 0 Å². The first kappa shape index (κ1) is 20.0. The monoisotopic (exact) mass is 399 g/mol. The van der Waals surface area contributed by atoms with Gasteiger partial charge in [-0.2, -0.15) is 0 Å². The number of hydrogen-bond acceptors (Lipinski definition) is 3. The Labute approximate surface area is 148 Å². The van der Waals surface area contributed by atoms with Crippen LogP contribution in [0.15, 0.2) is 11.8 Å². The number of carbonyl (C=O) groups is 2. The standard InChI is InChI=1S/C17H26BrNO3Si/c1-17(2,3)22-16(21)19(10-7-11-23(4,5)6)15-12-13(20)8-9-14(15)18/h12,14H,8-10H2,1-6H3. The van der Waals surface area contributed by atoms with Gasteiger partial charge in [0.15, 0.2) is 5.78 Å². The number of rotatable bonds is 2. The minimum absolute atomic E-state index is 0.0300. The molecule has 0 fully saturated rings. The zero-order valence-electron chi connectivity index (χ0n) is 14.8. The van der Waals surface area contributed by atoms with Gasteiger partial charge in [-0.3, -0.25) is 9.69 Å². The number of carbonyl (C=O) groups excluding carboxylic acids is 2. The molecule has 0 N–H and O–H groups in total. The van der Waals surface area contributed by atoms with Crippen LogP contribution in [0, 0.1) is 11.5 Å². The van der Waals surface area contributed by atoms with E-state index in [1.807, 2.05) is 20.8 Å². The van der Waals surface area contributed by atoms with Gasteiger partial charge < -0.3 is 4.74 Å². The molecule has 4 nitrogen and oxygen atoms in total. The summed E-state index contributed by atoms with van der Waals surface area (Å²) in [6, 6.07) is 0. The highest BCUT2D eigenvalue weighted by Crippen LogP contribution is 2.27. The lowest BCUT2D eigenvalue weighted by molar-refractivity contribution is -0.115. The summed E-state index contributed by atoms with van der Waals surface area (Å²) in [6.07, 6.45) is 2.23. The molecule has 0 aromatic carbocycles. The highest BCUT2D eigenvalue weighted by atomic mass is 79.9. The molecule has 128 valence electrons. The Hall–Kier alpha value is -1.06. The smallest absolute Gasteiger partial charge is 0.415 e. The SMILES string of the molecule is CC(C)(C)OC(=O)N(CC#C[Si](C)(C)C)C1=CC(=O)CCC1Br. The second-order valence-corrected chi connectivity index (χ2v) is 13.5. The van der Waals surface area contributed by atoms with Crippen molar-refractivity contribution in [3.05, 3.63) is 11.8 Å². The quantitative estimate of drug-likeness (QED) is 0.398. The topological polar surface area (TPSA) is 46.6 Å².